The molecule has 0 unspecified atom stereocenters. The van der Waals surface area contributed by atoms with Gasteiger partial charge in [-0.05, 0) is 41.8 Å². The molecule has 0 spiro atoms. The molecule has 4 N–H and O–H groups in total. The molecule has 10 heteroatoms. The fraction of sp³-hybridized carbons (Fsp3) is 0.346. The fourth-order valence-electron chi connectivity index (χ4n) is 4.15. The highest BCUT2D eigenvalue weighted by Gasteiger charge is 2.16. The first-order chi connectivity index (χ1) is 17.3. The predicted molar refractivity (Wildman–Crippen MR) is 144 cm³/mol. The molecule has 0 amide bonds. The molecule has 0 aliphatic carbocycles. The Morgan fingerprint density at radius 2 is 1.83 bits per heavy atom. The lowest BCUT2D eigenvalue weighted by Crippen LogP contribution is -2.25. The number of nitrogens with one attached hydrogen (secondary N) is 2. The molecule has 1 atom stereocenters. The third-order valence-electron chi connectivity index (χ3n) is 6.03. The first-order valence-corrected chi connectivity index (χ1v) is 14.5. The van der Waals surface area contributed by atoms with E-state index in [0.717, 1.165) is 17.8 Å². The van der Waals surface area contributed by atoms with Crippen LogP contribution in [0.2, 0.25) is 0 Å². The highest BCUT2D eigenvalue weighted by molar-refractivity contribution is 7.91. The lowest BCUT2D eigenvalue weighted by atomic mass is 10.0. The van der Waals surface area contributed by atoms with Gasteiger partial charge in [0.25, 0.3) is 0 Å². The van der Waals surface area contributed by atoms with Gasteiger partial charge < -0.3 is 25.3 Å². The van der Waals surface area contributed by atoms with Crippen LogP contribution in [0, 0.1) is 0 Å². The summed E-state index contributed by atoms with van der Waals surface area (Å²) < 4.78 is 30.8. The molecule has 8 nitrogen and oxygen atoms in total. The molecule has 192 valence electrons. The minimum absolute atomic E-state index is 0.0247. The highest BCUT2D eigenvalue weighted by atomic mass is 32.2. The summed E-state index contributed by atoms with van der Waals surface area (Å²) in [5.74, 6) is -0.0376. The molecule has 0 aliphatic heterocycles. The van der Waals surface area contributed by atoms with Crippen LogP contribution in [0.25, 0.3) is 21.0 Å². The number of H-pyrrole nitrogens is 1. The van der Waals surface area contributed by atoms with E-state index in [-0.39, 0.29) is 35.3 Å². The van der Waals surface area contributed by atoms with Gasteiger partial charge in [0.05, 0.1) is 35.5 Å². The molecular formula is C26H30N2O6S2. The van der Waals surface area contributed by atoms with Crippen LogP contribution in [0.15, 0.2) is 59.4 Å². The van der Waals surface area contributed by atoms with E-state index >= 15 is 0 Å². The van der Waals surface area contributed by atoms with Crippen LogP contribution in [-0.4, -0.2) is 61.4 Å². The molecule has 0 saturated heterocycles. The topological polar surface area (TPSA) is 129 Å². The number of fused-ring (bicyclic) bond motifs is 2. The van der Waals surface area contributed by atoms with Crippen molar-refractivity contribution in [3.05, 3.63) is 75.4 Å². The zero-order chi connectivity index (χ0) is 25.5. The summed E-state index contributed by atoms with van der Waals surface area (Å²) in [6.07, 6.45) is 0.236. The lowest BCUT2D eigenvalue weighted by Gasteiger charge is -2.13. The van der Waals surface area contributed by atoms with Crippen molar-refractivity contribution in [3.8, 4) is 5.75 Å². The quantitative estimate of drug-likeness (QED) is 0.196. The van der Waals surface area contributed by atoms with Crippen molar-refractivity contribution in [2.45, 2.75) is 18.9 Å². The van der Waals surface area contributed by atoms with Gasteiger partial charge in [-0.15, -0.1) is 0 Å². The Balaban J connectivity index is 1.14. The Bertz CT molecular complexity index is 1470. The van der Waals surface area contributed by atoms with Gasteiger partial charge in [0, 0.05) is 12.1 Å². The zero-order valence-electron chi connectivity index (χ0n) is 19.8. The monoisotopic (exact) mass is 530 g/mol. The molecule has 0 fully saturated rings. The van der Waals surface area contributed by atoms with Crippen molar-refractivity contribution in [2.24, 2.45) is 0 Å². The third-order valence-corrected chi connectivity index (χ3v) is 8.66. The van der Waals surface area contributed by atoms with E-state index in [1.807, 2.05) is 18.2 Å². The Morgan fingerprint density at radius 3 is 2.69 bits per heavy atom. The Kier molecular flexibility index (Phi) is 8.76. The molecule has 0 saturated carbocycles. The van der Waals surface area contributed by atoms with Crippen LogP contribution < -0.4 is 10.2 Å². The number of benzene rings is 3. The smallest absolute Gasteiger partial charge is 0.305 e. The van der Waals surface area contributed by atoms with Gasteiger partial charge in [-0.3, -0.25) is 4.79 Å². The average Bonchev–Trinajstić information content (AvgIpc) is 3.26. The summed E-state index contributed by atoms with van der Waals surface area (Å²) in [6, 6.07) is 17.3. The van der Waals surface area contributed by atoms with E-state index < -0.39 is 15.9 Å². The van der Waals surface area contributed by atoms with Crippen molar-refractivity contribution >= 4 is 42.2 Å². The van der Waals surface area contributed by atoms with Gasteiger partial charge in [0.2, 0.25) is 0 Å². The number of rotatable bonds is 13. The maximum Gasteiger partial charge on any atom is 0.305 e. The molecule has 36 heavy (non-hydrogen) atoms. The van der Waals surface area contributed by atoms with Gasteiger partial charge >= 0.3 is 4.87 Å². The number of sulfone groups is 1. The first-order valence-electron chi connectivity index (χ1n) is 11.8. The number of hydrogen-bond donors (Lipinski definition) is 4. The Morgan fingerprint density at radius 1 is 1.03 bits per heavy atom. The summed E-state index contributed by atoms with van der Waals surface area (Å²) in [5, 5.41) is 25.8. The van der Waals surface area contributed by atoms with Crippen molar-refractivity contribution < 1.29 is 23.4 Å². The third kappa shape index (κ3) is 6.71. The predicted octanol–water partition coefficient (Wildman–Crippen LogP) is 3.14. The fourth-order valence-corrected chi connectivity index (χ4v) is 6.23. The van der Waals surface area contributed by atoms with E-state index in [1.54, 1.807) is 6.07 Å². The van der Waals surface area contributed by atoms with Crippen molar-refractivity contribution in [1.29, 1.82) is 0 Å². The second-order valence-corrected chi connectivity index (χ2v) is 11.9. The summed E-state index contributed by atoms with van der Waals surface area (Å²) in [7, 11) is -3.24. The largest absolute Gasteiger partial charge is 0.506 e. The van der Waals surface area contributed by atoms with Gasteiger partial charge in [-0.1, -0.05) is 59.9 Å². The van der Waals surface area contributed by atoms with Crippen molar-refractivity contribution in [1.82, 2.24) is 10.3 Å². The standard InChI is InChI=1S/C26H30N2O6S2/c29-22-10-9-21(25-24(22)28-26(31)35-25)23(30)17-27-12-4-15-36(32,33)16-14-34-13-11-19-7-3-6-18-5-1-2-8-20(18)19/h1-3,5-10,23,27,29-30H,4,11-17H2,(H,28,31)/t23-/m0/s1. The molecule has 1 heterocycles. The van der Waals surface area contributed by atoms with Gasteiger partial charge in [0.15, 0.2) is 9.84 Å². The van der Waals surface area contributed by atoms with E-state index in [1.165, 1.54) is 22.4 Å². The van der Waals surface area contributed by atoms with Gasteiger partial charge in [-0.2, -0.15) is 0 Å². The number of aliphatic hydroxyl groups excluding tert-OH is 1. The molecule has 4 aromatic rings. The summed E-state index contributed by atoms with van der Waals surface area (Å²) in [4.78, 5) is 13.9. The van der Waals surface area contributed by atoms with Crippen LogP contribution >= 0.6 is 11.3 Å². The number of phenolic OH excluding ortho intramolecular Hbond substituents is 1. The maximum absolute atomic E-state index is 12.3. The van der Waals surface area contributed by atoms with E-state index in [2.05, 4.69) is 34.6 Å². The normalized spacial score (nSPS) is 12.9. The van der Waals surface area contributed by atoms with Crippen LogP contribution in [0.1, 0.15) is 23.7 Å². The highest BCUT2D eigenvalue weighted by Crippen LogP contribution is 2.31. The minimum atomic E-state index is -3.24. The molecule has 4 rings (SSSR count). The molecule has 1 aromatic heterocycles. The maximum atomic E-state index is 12.3. The average molecular weight is 531 g/mol. The van der Waals surface area contributed by atoms with E-state index in [9.17, 15) is 23.4 Å². The molecular weight excluding hydrogens is 500 g/mol. The number of aromatic amines is 1. The van der Waals surface area contributed by atoms with Crippen LogP contribution in [0.3, 0.4) is 0 Å². The van der Waals surface area contributed by atoms with Crippen molar-refractivity contribution in [3.63, 3.8) is 0 Å². The second kappa shape index (κ2) is 12.0. The summed E-state index contributed by atoms with van der Waals surface area (Å²) in [6.45, 7) is 1.24. The number of aromatic nitrogens is 1. The second-order valence-electron chi connectivity index (χ2n) is 8.62. The minimum Gasteiger partial charge on any atom is -0.506 e. The van der Waals surface area contributed by atoms with Crippen LogP contribution in [0.4, 0.5) is 0 Å². The number of aliphatic hydroxyl groups is 1. The Labute approximate surface area is 213 Å². The van der Waals surface area contributed by atoms with Crippen LogP contribution in [0.5, 0.6) is 5.75 Å². The number of aromatic hydroxyl groups is 1. The number of phenols is 1. The number of hydrogen-bond acceptors (Lipinski definition) is 8. The Hall–Kier alpha value is -2.76. The van der Waals surface area contributed by atoms with E-state index in [0.29, 0.717) is 35.4 Å². The van der Waals surface area contributed by atoms with E-state index in [4.69, 9.17) is 4.74 Å². The molecule has 3 aromatic carbocycles. The summed E-state index contributed by atoms with van der Waals surface area (Å²) >= 11 is 0.928. The van der Waals surface area contributed by atoms with Gasteiger partial charge in [-0.25, -0.2) is 8.42 Å². The van der Waals surface area contributed by atoms with Crippen molar-refractivity contribution in [2.75, 3.05) is 37.8 Å². The molecule has 0 bridgehead atoms. The van der Waals surface area contributed by atoms with Gasteiger partial charge in [0.1, 0.15) is 11.3 Å². The first kappa shape index (κ1) is 26.3. The zero-order valence-corrected chi connectivity index (χ0v) is 21.4. The molecule has 0 aliphatic rings. The lowest BCUT2D eigenvalue weighted by molar-refractivity contribution is 0.152. The SMILES string of the molecule is O=c1[nH]c2c(O)ccc([C@@H](O)CNCCCS(=O)(=O)CCOCCc3cccc4ccccc34)c2s1. The molecule has 0 radical (unpaired) electrons. The number of thiazole rings is 1. The van der Waals surface area contributed by atoms with Crippen LogP contribution in [-0.2, 0) is 21.0 Å². The summed E-state index contributed by atoms with van der Waals surface area (Å²) in [5.41, 5.74) is 2.03. The number of ether oxygens (including phenoxy) is 1.